The van der Waals surface area contributed by atoms with Crippen LogP contribution < -0.4 is 5.32 Å². The third-order valence-electron chi connectivity index (χ3n) is 3.25. The number of alkyl halides is 3. The number of hydrogen-bond acceptors (Lipinski definition) is 4. The summed E-state index contributed by atoms with van der Waals surface area (Å²) >= 11 is 0. The third kappa shape index (κ3) is 4.38. The number of hydrogen-bond donors (Lipinski definition) is 1. The van der Waals surface area contributed by atoms with Crippen molar-refractivity contribution in [3.63, 3.8) is 0 Å². The number of rotatable bonds is 4. The van der Waals surface area contributed by atoms with Gasteiger partial charge in [0.25, 0.3) is 0 Å². The molecule has 0 saturated carbocycles. The van der Waals surface area contributed by atoms with Crippen LogP contribution in [0.2, 0.25) is 0 Å². The molecule has 2 rings (SSSR count). The van der Waals surface area contributed by atoms with Crippen molar-refractivity contribution in [1.82, 2.24) is 9.88 Å². The molecule has 1 fully saturated rings. The summed E-state index contributed by atoms with van der Waals surface area (Å²) in [4.78, 5) is 5.36. The molecule has 4 nitrogen and oxygen atoms in total. The Hall–Kier alpha value is -1.81. The maximum Gasteiger partial charge on any atom is 0.401 e. The van der Waals surface area contributed by atoms with Crippen molar-refractivity contribution in [2.45, 2.75) is 12.6 Å². The first-order valence-electron chi connectivity index (χ1n) is 6.35. The highest BCUT2D eigenvalue weighted by Gasteiger charge is 2.34. The third-order valence-corrected chi connectivity index (χ3v) is 3.25. The van der Waals surface area contributed by atoms with Crippen LogP contribution in [-0.4, -0.2) is 42.2 Å². The Bertz CT molecular complexity index is 478. The number of anilines is 1. The fourth-order valence-electron chi connectivity index (χ4n) is 2.30. The van der Waals surface area contributed by atoms with Gasteiger partial charge in [-0.25, -0.2) is 4.98 Å². The van der Waals surface area contributed by atoms with E-state index in [0.29, 0.717) is 25.3 Å². The Morgan fingerprint density at radius 2 is 2.25 bits per heavy atom. The molecule has 0 spiro atoms. The van der Waals surface area contributed by atoms with Gasteiger partial charge in [0.15, 0.2) is 0 Å². The van der Waals surface area contributed by atoms with Crippen molar-refractivity contribution in [3.05, 3.63) is 24.0 Å². The van der Waals surface area contributed by atoms with Crippen LogP contribution in [0.5, 0.6) is 0 Å². The van der Waals surface area contributed by atoms with E-state index in [9.17, 15) is 13.2 Å². The predicted molar refractivity (Wildman–Crippen MR) is 68.0 cm³/mol. The number of nitrogens with one attached hydrogen (secondary N) is 1. The lowest BCUT2D eigenvalue weighted by Crippen LogP contribution is -2.33. The number of nitriles is 1. The highest BCUT2D eigenvalue weighted by atomic mass is 19.4. The first kappa shape index (κ1) is 14.6. The van der Waals surface area contributed by atoms with Crippen molar-refractivity contribution < 1.29 is 13.2 Å². The van der Waals surface area contributed by atoms with Crippen molar-refractivity contribution in [1.29, 1.82) is 5.26 Å². The van der Waals surface area contributed by atoms with E-state index in [2.05, 4.69) is 10.3 Å². The van der Waals surface area contributed by atoms with Crippen molar-refractivity contribution in [3.8, 4) is 6.07 Å². The van der Waals surface area contributed by atoms with E-state index in [1.54, 1.807) is 18.3 Å². The molecule has 0 bridgehead atoms. The summed E-state index contributed by atoms with van der Waals surface area (Å²) in [5, 5.41) is 11.8. The summed E-state index contributed by atoms with van der Waals surface area (Å²) in [6.45, 7) is 0.720. The van der Waals surface area contributed by atoms with Crippen LogP contribution in [0.15, 0.2) is 18.3 Å². The Labute approximate surface area is 115 Å². The van der Waals surface area contributed by atoms with Gasteiger partial charge in [0.2, 0.25) is 0 Å². The van der Waals surface area contributed by atoms with Gasteiger partial charge in [0.05, 0.1) is 18.4 Å². The van der Waals surface area contributed by atoms with Crippen LogP contribution >= 0.6 is 0 Å². The lowest BCUT2D eigenvalue weighted by atomic mass is 10.1. The van der Waals surface area contributed by atoms with Crippen LogP contribution in [-0.2, 0) is 0 Å². The predicted octanol–water partition coefficient (Wildman–Crippen LogP) is 2.25. The second kappa shape index (κ2) is 6.09. The minimum absolute atomic E-state index is 0.202. The van der Waals surface area contributed by atoms with Crippen LogP contribution in [0, 0.1) is 17.2 Å². The van der Waals surface area contributed by atoms with Gasteiger partial charge in [0, 0.05) is 13.1 Å². The van der Waals surface area contributed by atoms with Gasteiger partial charge in [0.1, 0.15) is 11.8 Å². The van der Waals surface area contributed by atoms with Crippen molar-refractivity contribution in [2.24, 2.45) is 5.92 Å². The normalized spacial score (nSPS) is 19.8. The highest BCUT2D eigenvalue weighted by molar-refractivity contribution is 5.42. The standard InChI is InChI=1S/C13H15F3N4/c14-13(15,16)9-20-4-3-10(8-20)6-18-12-2-1-11(5-17)19-7-12/h1-2,7,10,18H,3-4,6,8-9H2. The van der Waals surface area contributed by atoms with E-state index in [-0.39, 0.29) is 5.92 Å². The van der Waals surface area contributed by atoms with E-state index in [0.717, 1.165) is 12.1 Å². The number of pyridine rings is 1. The number of halogens is 3. The summed E-state index contributed by atoms with van der Waals surface area (Å²) in [7, 11) is 0. The molecule has 0 aliphatic carbocycles. The fourth-order valence-corrected chi connectivity index (χ4v) is 2.30. The summed E-state index contributed by atoms with van der Waals surface area (Å²) in [6, 6.07) is 5.27. The number of likely N-dealkylation sites (tertiary alicyclic amines) is 1. The summed E-state index contributed by atoms with van der Waals surface area (Å²) in [5.74, 6) is 0.202. The van der Waals surface area contributed by atoms with E-state index >= 15 is 0 Å². The molecule has 1 aromatic rings. The maximum absolute atomic E-state index is 12.3. The Kier molecular flexibility index (Phi) is 4.45. The second-order valence-corrected chi connectivity index (χ2v) is 4.93. The zero-order chi connectivity index (χ0) is 14.6. The van der Waals surface area contributed by atoms with E-state index in [4.69, 9.17) is 5.26 Å². The minimum Gasteiger partial charge on any atom is -0.383 e. The molecule has 0 aromatic carbocycles. The molecular formula is C13H15F3N4. The molecule has 1 atom stereocenters. The molecule has 20 heavy (non-hydrogen) atoms. The fraction of sp³-hybridized carbons (Fsp3) is 0.538. The molecule has 1 aliphatic rings. The average molecular weight is 284 g/mol. The van der Waals surface area contributed by atoms with E-state index < -0.39 is 12.7 Å². The largest absolute Gasteiger partial charge is 0.401 e. The number of aromatic nitrogens is 1. The second-order valence-electron chi connectivity index (χ2n) is 4.93. The summed E-state index contributed by atoms with van der Waals surface area (Å²) < 4.78 is 36.8. The Morgan fingerprint density at radius 3 is 2.85 bits per heavy atom. The van der Waals surface area contributed by atoms with Crippen LogP contribution in [0.25, 0.3) is 0 Å². The quantitative estimate of drug-likeness (QED) is 0.921. The molecule has 0 amide bonds. The SMILES string of the molecule is N#Cc1ccc(NCC2CCN(CC(F)(F)F)C2)cn1. The van der Waals surface area contributed by atoms with Gasteiger partial charge < -0.3 is 5.32 Å². The molecule has 7 heteroatoms. The molecular weight excluding hydrogens is 269 g/mol. The monoisotopic (exact) mass is 284 g/mol. The van der Waals surface area contributed by atoms with Gasteiger partial charge in [-0.3, -0.25) is 4.90 Å². The molecule has 1 N–H and O–H groups in total. The molecule has 1 unspecified atom stereocenters. The molecule has 1 saturated heterocycles. The van der Waals surface area contributed by atoms with Gasteiger partial charge in [-0.05, 0) is 31.0 Å². The minimum atomic E-state index is -4.13. The Balaban J connectivity index is 1.76. The average Bonchev–Trinajstić information content (AvgIpc) is 2.82. The zero-order valence-electron chi connectivity index (χ0n) is 10.8. The molecule has 1 aliphatic heterocycles. The Morgan fingerprint density at radius 1 is 1.45 bits per heavy atom. The summed E-state index contributed by atoms with van der Waals surface area (Å²) in [6.07, 6.45) is -1.81. The van der Waals surface area contributed by atoms with Crippen LogP contribution in [0.3, 0.4) is 0 Å². The first-order chi connectivity index (χ1) is 9.46. The van der Waals surface area contributed by atoms with Gasteiger partial charge >= 0.3 is 6.18 Å². The summed E-state index contributed by atoms with van der Waals surface area (Å²) in [5.41, 5.74) is 1.12. The lowest BCUT2D eigenvalue weighted by molar-refractivity contribution is -0.143. The van der Waals surface area contributed by atoms with Gasteiger partial charge in [-0.1, -0.05) is 0 Å². The van der Waals surface area contributed by atoms with E-state index in [1.807, 2.05) is 6.07 Å². The first-order valence-corrected chi connectivity index (χ1v) is 6.35. The van der Waals surface area contributed by atoms with Crippen LogP contribution in [0.4, 0.5) is 18.9 Å². The molecule has 108 valence electrons. The molecule has 1 aromatic heterocycles. The van der Waals surface area contributed by atoms with Crippen molar-refractivity contribution in [2.75, 3.05) is 31.5 Å². The lowest BCUT2D eigenvalue weighted by Gasteiger charge is -2.18. The van der Waals surface area contributed by atoms with Crippen LogP contribution in [0.1, 0.15) is 12.1 Å². The zero-order valence-corrected chi connectivity index (χ0v) is 10.8. The van der Waals surface area contributed by atoms with Crippen molar-refractivity contribution >= 4 is 5.69 Å². The van der Waals surface area contributed by atoms with Gasteiger partial charge in [-0.15, -0.1) is 0 Å². The maximum atomic E-state index is 12.3. The smallest absolute Gasteiger partial charge is 0.383 e. The molecule has 2 heterocycles. The highest BCUT2D eigenvalue weighted by Crippen LogP contribution is 2.23. The van der Waals surface area contributed by atoms with E-state index in [1.165, 1.54) is 4.90 Å². The topological polar surface area (TPSA) is 52.0 Å². The van der Waals surface area contributed by atoms with Gasteiger partial charge in [-0.2, -0.15) is 18.4 Å². The number of nitrogens with zero attached hydrogens (tertiary/aromatic N) is 3. The molecule has 0 radical (unpaired) electrons.